The van der Waals surface area contributed by atoms with Crippen LogP contribution >= 0.6 is 10.7 Å². The highest BCUT2D eigenvalue weighted by atomic mass is 35.7. The van der Waals surface area contributed by atoms with Crippen molar-refractivity contribution >= 4 is 25.7 Å². The summed E-state index contributed by atoms with van der Waals surface area (Å²) in [6.07, 6.45) is 0. The Hall–Kier alpha value is -1.11. The third-order valence-electron chi connectivity index (χ3n) is 1.68. The Morgan fingerprint density at radius 1 is 1.44 bits per heavy atom. The molecular formula is C9H9ClO5S. The molecule has 88 valence electrons. The number of rotatable bonds is 4. The minimum absolute atomic E-state index is 0.0650. The van der Waals surface area contributed by atoms with Gasteiger partial charge in [0.2, 0.25) is 0 Å². The topological polar surface area (TPSA) is 80.7 Å². The standard InChI is InChI=1S/C9H9ClO5S/c10-16(13,14)8-3-1-2-7(6-8)9(12)15-5-4-11/h1-3,6,11H,4-5H2. The van der Waals surface area contributed by atoms with Crippen molar-refractivity contribution in [3.8, 4) is 0 Å². The molecular weight excluding hydrogens is 256 g/mol. The van der Waals surface area contributed by atoms with Crippen molar-refractivity contribution in [2.45, 2.75) is 4.90 Å². The molecule has 0 aliphatic carbocycles. The molecule has 0 spiro atoms. The summed E-state index contributed by atoms with van der Waals surface area (Å²) in [5.74, 6) is -0.712. The lowest BCUT2D eigenvalue weighted by Gasteiger charge is -2.03. The van der Waals surface area contributed by atoms with Gasteiger partial charge in [-0.05, 0) is 18.2 Å². The van der Waals surface area contributed by atoms with E-state index in [4.69, 9.17) is 15.8 Å². The quantitative estimate of drug-likeness (QED) is 0.642. The van der Waals surface area contributed by atoms with Crippen LogP contribution in [0.1, 0.15) is 10.4 Å². The fourth-order valence-electron chi connectivity index (χ4n) is 0.996. The van der Waals surface area contributed by atoms with Crippen LogP contribution in [0.25, 0.3) is 0 Å². The first kappa shape index (κ1) is 13.0. The van der Waals surface area contributed by atoms with E-state index in [0.29, 0.717) is 0 Å². The Balaban J connectivity index is 2.95. The number of halogens is 1. The van der Waals surface area contributed by atoms with Gasteiger partial charge in [0.1, 0.15) is 6.61 Å². The molecule has 7 heteroatoms. The minimum atomic E-state index is -3.86. The van der Waals surface area contributed by atoms with E-state index >= 15 is 0 Å². The van der Waals surface area contributed by atoms with Gasteiger partial charge >= 0.3 is 5.97 Å². The number of ether oxygens (including phenoxy) is 1. The van der Waals surface area contributed by atoms with Crippen LogP contribution in [0, 0.1) is 0 Å². The van der Waals surface area contributed by atoms with Crippen LogP contribution < -0.4 is 0 Å². The number of aliphatic hydroxyl groups excluding tert-OH is 1. The summed E-state index contributed by atoms with van der Waals surface area (Å²) in [6.45, 7) is -0.435. The van der Waals surface area contributed by atoms with Gasteiger partial charge in [0, 0.05) is 10.7 Å². The van der Waals surface area contributed by atoms with Crippen molar-refractivity contribution in [2.24, 2.45) is 0 Å². The lowest BCUT2D eigenvalue weighted by Crippen LogP contribution is -2.09. The van der Waals surface area contributed by atoms with Crippen LogP contribution in [0.2, 0.25) is 0 Å². The molecule has 0 aliphatic rings. The van der Waals surface area contributed by atoms with Gasteiger partial charge < -0.3 is 9.84 Å². The normalized spacial score (nSPS) is 11.1. The molecule has 0 bridgehead atoms. The Kier molecular flexibility index (Phi) is 4.28. The second kappa shape index (κ2) is 5.29. The van der Waals surface area contributed by atoms with E-state index in [1.807, 2.05) is 0 Å². The SMILES string of the molecule is O=C(OCCO)c1cccc(S(=O)(=O)Cl)c1. The van der Waals surface area contributed by atoms with Crippen LogP contribution in [0.5, 0.6) is 0 Å². The summed E-state index contributed by atoms with van der Waals surface area (Å²) < 4.78 is 26.6. The van der Waals surface area contributed by atoms with Crippen molar-refractivity contribution in [3.05, 3.63) is 29.8 Å². The van der Waals surface area contributed by atoms with Crippen molar-refractivity contribution in [3.63, 3.8) is 0 Å². The van der Waals surface area contributed by atoms with Gasteiger partial charge in [0.05, 0.1) is 17.1 Å². The van der Waals surface area contributed by atoms with Crippen molar-refractivity contribution in [2.75, 3.05) is 13.2 Å². The predicted octanol–water partition coefficient (Wildman–Crippen LogP) is 0.763. The number of carbonyl (C=O) groups is 1. The highest BCUT2D eigenvalue weighted by Gasteiger charge is 2.13. The zero-order valence-electron chi connectivity index (χ0n) is 8.09. The van der Waals surface area contributed by atoms with Crippen molar-refractivity contribution in [1.82, 2.24) is 0 Å². The van der Waals surface area contributed by atoms with Gasteiger partial charge in [-0.1, -0.05) is 6.07 Å². The van der Waals surface area contributed by atoms with E-state index in [1.165, 1.54) is 18.2 Å². The molecule has 1 aromatic carbocycles. The lowest BCUT2D eigenvalue weighted by molar-refractivity contribution is 0.0433. The van der Waals surface area contributed by atoms with E-state index in [-0.39, 0.29) is 23.7 Å². The Labute approximate surface area is 97.0 Å². The second-order valence-corrected chi connectivity index (χ2v) is 5.39. The summed E-state index contributed by atoms with van der Waals surface area (Å²) in [5, 5.41) is 8.45. The molecule has 0 atom stereocenters. The third kappa shape index (κ3) is 3.48. The molecule has 0 fully saturated rings. The fourth-order valence-corrected chi connectivity index (χ4v) is 1.79. The van der Waals surface area contributed by atoms with Crippen LogP contribution in [-0.4, -0.2) is 32.7 Å². The first-order chi connectivity index (χ1) is 7.45. The summed E-state index contributed by atoms with van der Waals surface area (Å²) in [4.78, 5) is 11.1. The fraction of sp³-hybridized carbons (Fsp3) is 0.222. The number of aliphatic hydroxyl groups is 1. The molecule has 1 rings (SSSR count). The molecule has 0 radical (unpaired) electrons. The molecule has 0 aromatic heterocycles. The summed E-state index contributed by atoms with van der Waals surface area (Å²) >= 11 is 0. The molecule has 0 unspecified atom stereocenters. The molecule has 5 nitrogen and oxygen atoms in total. The Bertz CT molecular complexity index is 482. The largest absolute Gasteiger partial charge is 0.460 e. The molecule has 16 heavy (non-hydrogen) atoms. The van der Waals surface area contributed by atoms with Gasteiger partial charge in [-0.2, -0.15) is 0 Å². The number of carbonyl (C=O) groups excluding carboxylic acids is 1. The molecule has 1 N–H and O–H groups in total. The second-order valence-electron chi connectivity index (χ2n) is 2.83. The molecule has 0 saturated heterocycles. The first-order valence-electron chi connectivity index (χ1n) is 4.28. The molecule has 1 aromatic rings. The zero-order valence-corrected chi connectivity index (χ0v) is 9.66. The monoisotopic (exact) mass is 264 g/mol. The number of benzene rings is 1. The lowest BCUT2D eigenvalue weighted by atomic mass is 10.2. The molecule has 0 saturated carbocycles. The van der Waals surface area contributed by atoms with Gasteiger partial charge in [-0.25, -0.2) is 13.2 Å². The number of hydrogen-bond acceptors (Lipinski definition) is 5. The number of hydrogen-bond donors (Lipinski definition) is 1. The Morgan fingerprint density at radius 2 is 2.12 bits per heavy atom. The summed E-state index contributed by atoms with van der Waals surface area (Å²) in [7, 11) is 1.26. The van der Waals surface area contributed by atoms with Crippen LogP contribution in [0.3, 0.4) is 0 Å². The van der Waals surface area contributed by atoms with Gasteiger partial charge in [-0.15, -0.1) is 0 Å². The molecule has 0 amide bonds. The van der Waals surface area contributed by atoms with Gasteiger partial charge in [-0.3, -0.25) is 0 Å². The van der Waals surface area contributed by atoms with Gasteiger partial charge in [0.15, 0.2) is 0 Å². The van der Waals surface area contributed by atoms with Crippen LogP contribution in [0.15, 0.2) is 29.2 Å². The zero-order chi connectivity index (χ0) is 12.2. The summed E-state index contributed by atoms with van der Waals surface area (Å²) in [6, 6.07) is 5.16. The first-order valence-corrected chi connectivity index (χ1v) is 6.59. The maximum absolute atomic E-state index is 11.3. The summed E-state index contributed by atoms with van der Waals surface area (Å²) in [5.41, 5.74) is 0.0650. The smallest absolute Gasteiger partial charge is 0.338 e. The third-order valence-corrected chi connectivity index (χ3v) is 3.03. The number of esters is 1. The van der Waals surface area contributed by atoms with E-state index < -0.39 is 15.0 Å². The van der Waals surface area contributed by atoms with Crippen LogP contribution in [-0.2, 0) is 13.8 Å². The maximum Gasteiger partial charge on any atom is 0.338 e. The molecule has 0 aliphatic heterocycles. The average Bonchev–Trinajstić information content (AvgIpc) is 2.25. The van der Waals surface area contributed by atoms with E-state index in [1.54, 1.807) is 0 Å². The molecule has 0 heterocycles. The van der Waals surface area contributed by atoms with Crippen molar-refractivity contribution < 1.29 is 23.1 Å². The van der Waals surface area contributed by atoms with E-state index in [9.17, 15) is 13.2 Å². The van der Waals surface area contributed by atoms with E-state index in [0.717, 1.165) is 6.07 Å². The maximum atomic E-state index is 11.3. The highest BCUT2D eigenvalue weighted by Crippen LogP contribution is 2.16. The van der Waals surface area contributed by atoms with Gasteiger partial charge in [0.25, 0.3) is 9.05 Å². The highest BCUT2D eigenvalue weighted by molar-refractivity contribution is 8.13. The van der Waals surface area contributed by atoms with E-state index in [2.05, 4.69) is 4.74 Å². The van der Waals surface area contributed by atoms with Crippen molar-refractivity contribution in [1.29, 1.82) is 0 Å². The predicted molar refractivity (Wildman–Crippen MR) is 56.8 cm³/mol. The Morgan fingerprint density at radius 3 is 2.69 bits per heavy atom. The average molecular weight is 265 g/mol. The van der Waals surface area contributed by atoms with Crippen LogP contribution in [0.4, 0.5) is 0 Å². The minimum Gasteiger partial charge on any atom is -0.460 e.